The molecule has 16 heavy (non-hydrogen) atoms. The third-order valence-corrected chi connectivity index (χ3v) is 2.81. The van der Waals surface area contributed by atoms with E-state index in [2.05, 4.69) is 10.4 Å². The lowest BCUT2D eigenvalue weighted by atomic mass is 10.0. The molecule has 0 aliphatic heterocycles. The molecule has 1 heterocycles. The van der Waals surface area contributed by atoms with Crippen LogP contribution in [-0.2, 0) is 0 Å². The molecule has 0 radical (unpaired) electrons. The van der Waals surface area contributed by atoms with Gasteiger partial charge in [0.05, 0.1) is 17.2 Å². The Balaban J connectivity index is 2.45. The summed E-state index contributed by atoms with van der Waals surface area (Å²) in [6, 6.07) is 3.34. The highest BCUT2D eigenvalue weighted by atomic mass is 32.1. The zero-order valence-corrected chi connectivity index (χ0v) is 8.97. The van der Waals surface area contributed by atoms with Crippen molar-refractivity contribution in [2.45, 2.75) is 6.04 Å². The Hall–Kier alpha value is -1.37. The van der Waals surface area contributed by atoms with Crippen LogP contribution in [0.2, 0.25) is 0 Å². The van der Waals surface area contributed by atoms with Crippen molar-refractivity contribution < 1.29 is 8.78 Å². The molecule has 1 unspecified atom stereocenters. The van der Waals surface area contributed by atoms with E-state index in [9.17, 15) is 8.78 Å². The van der Waals surface area contributed by atoms with Gasteiger partial charge in [0.25, 0.3) is 0 Å². The van der Waals surface area contributed by atoms with Crippen LogP contribution in [0.25, 0.3) is 0 Å². The van der Waals surface area contributed by atoms with Gasteiger partial charge in [-0.25, -0.2) is 19.2 Å². The summed E-state index contributed by atoms with van der Waals surface area (Å²) < 4.78 is 26.6. The number of hydrogen-bond acceptors (Lipinski definition) is 4. The zero-order valence-electron chi connectivity index (χ0n) is 8.15. The zero-order chi connectivity index (χ0) is 11.5. The monoisotopic (exact) mass is 241 g/mol. The van der Waals surface area contributed by atoms with Crippen molar-refractivity contribution in [3.8, 4) is 0 Å². The molecule has 2 rings (SSSR count). The first-order valence-electron chi connectivity index (χ1n) is 4.52. The minimum absolute atomic E-state index is 0.147. The molecule has 0 bridgehead atoms. The quantitative estimate of drug-likeness (QED) is 0.638. The molecule has 0 aliphatic rings. The van der Waals surface area contributed by atoms with Gasteiger partial charge in [0, 0.05) is 10.9 Å². The molecule has 1 atom stereocenters. The van der Waals surface area contributed by atoms with Crippen LogP contribution in [0.4, 0.5) is 8.78 Å². The van der Waals surface area contributed by atoms with Crippen molar-refractivity contribution >= 4 is 11.3 Å². The number of aromatic nitrogens is 1. The first-order chi connectivity index (χ1) is 7.74. The van der Waals surface area contributed by atoms with Crippen molar-refractivity contribution in [3.63, 3.8) is 0 Å². The summed E-state index contributed by atoms with van der Waals surface area (Å²) in [7, 11) is 0. The number of nitrogens with zero attached hydrogens (tertiary/aromatic N) is 1. The molecule has 3 nitrogen and oxygen atoms in total. The average molecular weight is 241 g/mol. The van der Waals surface area contributed by atoms with E-state index in [1.807, 2.05) is 0 Å². The Kier molecular flexibility index (Phi) is 3.23. The maximum Gasteiger partial charge on any atom is 0.164 e. The number of benzene rings is 1. The largest absolute Gasteiger partial charge is 0.271 e. The van der Waals surface area contributed by atoms with Gasteiger partial charge in [-0.05, 0) is 6.07 Å². The van der Waals surface area contributed by atoms with Crippen molar-refractivity contribution in [2.75, 3.05) is 0 Å². The maximum atomic E-state index is 13.5. The fraction of sp³-hybridized carbons (Fsp3) is 0.100. The smallest absolute Gasteiger partial charge is 0.164 e. The number of rotatable bonds is 3. The highest BCUT2D eigenvalue weighted by molar-refractivity contribution is 7.07. The van der Waals surface area contributed by atoms with Gasteiger partial charge < -0.3 is 0 Å². The Bertz CT molecular complexity index is 473. The van der Waals surface area contributed by atoms with Crippen LogP contribution in [0, 0.1) is 11.6 Å². The second kappa shape index (κ2) is 4.65. The fourth-order valence-electron chi connectivity index (χ4n) is 1.44. The molecule has 0 saturated carbocycles. The van der Waals surface area contributed by atoms with E-state index >= 15 is 0 Å². The molecule has 0 fully saturated rings. The standard InChI is InChI=1S/C10H9F2N3S/c11-7-3-1-2-6(9(7)12)10(15-13)8-4-16-5-14-8/h1-5,10,15H,13H2. The van der Waals surface area contributed by atoms with E-state index < -0.39 is 17.7 Å². The number of halogens is 2. The van der Waals surface area contributed by atoms with Crippen LogP contribution in [0.5, 0.6) is 0 Å². The lowest BCUT2D eigenvalue weighted by Crippen LogP contribution is -2.30. The van der Waals surface area contributed by atoms with Crippen molar-refractivity contribution in [1.29, 1.82) is 0 Å². The molecular weight excluding hydrogens is 232 g/mol. The Morgan fingerprint density at radius 1 is 1.38 bits per heavy atom. The predicted octanol–water partition coefficient (Wildman–Crippen LogP) is 1.97. The first kappa shape index (κ1) is 11.1. The summed E-state index contributed by atoms with van der Waals surface area (Å²) in [5, 5.41) is 1.73. The van der Waals surface area contributed by atoms with Gasteiger partial charge in [-0.2, -0.15) is 0 Å². The lowest BCUT2D eigenvalue weighted by molar-refractivity contribution is 0.481. The lowest BCUT2D eigenvalue weighted by Gasteiger charge is -2.14. The number of hydrogen-bond donors (Lipinski definition) is 2. The molecule has 6 heteroatoms. The topological polar surface area (TPSA) is 50.9 Å². The van der Waals surface area contributed by atoms with E-state index in [1.54, 1.807) is 10.9 Å². The molecule has 2 aromatic rings. The van der Waals surface area contributed by atoms with Crippen LogP contribution in [0.15, 0.2) is 29.1 Å². The van der Waals surface area contributed by atoms with Crippen LogP contribution >= 0.6 is 11.3 Å². The summed E-state index contributed by atoms with van der Waals surface area (Å²) in [6.45, 7) is 0. The maximum absolute atomic E-state index is 13.5. The highest BCUT2D eigenvalue weighted by Gasteiger charge is 2.20. The van der Waals surface area contributed by atoms with Crippen molar-refractivity contribution in [3.05, 3.63) is 52.0 Å². The van der Waals surface area contributed by atoms with E-state index in [1.165, 1.54) is 23.5 Å². The molecule has 3 N–H and O–H groups in total. The Morgan fingerprint density at radius 3 is 2.81 bits per heavy atom. The van der Waals surface area contributed by atoms with Gasteiger partial charge in [0.2, 0.25) is 0 Å². The second-order valence-electron chi connectivity index (χ2n) is 3.16. The van der Waals surface area contributed by atoms with Crippen LogP contribution in [0.3, 0.4) is 0 Å². The third kappa shape index (κ3) is 1.95. The number of nitrogens with one attached hydrogen (secondary N) is 1. The SMILES string of the molecule is NNC(c1cscn1)c1cccc(F)c1F. The Labute approximate surface area is 94.9 Å². The van der Waals surface area contributed by atoms with Crippen LogP contribution < -0.4 is 11.3 Å². The number of nitrogens with two attached hydrogens (primary N) is 1. The normalized spacial score (nSPS) is 12.7. The van der Waals surface area contributed by atoms with E-state index in [0.29, 0.717) is 5.69 Å². The predicted molar refractivity (Wildman–Crippen MR) is 57.6 cm³/mol. The van der Waals surface area contributed by atoms with Gasteiger partial charge in [-0.3, -0.25) is 5.84 Å². The van der Waals surface area contributed by atoms with Gasteiger partial charge in [-0.1, -0.05) is 12.1 Å². The van der Waals surface area contributed by atoms with Crippen molar-refractivity contribution in [2.24, 2.45) is 5.84 Å². The molecule has 0 aliphatic carbocycles. The molecule has 84 valence electrons. The van der Waals surface area contributed by atoms with Gasteiger partial charge in [-0.15, -0.1) is 11.3 Å². The van der Waals surface area contributed by atoms with Gasteiger partial charge >= 0.3 is 0 Å². The van der Waals surface area contributed by atoms with E-state index in [-0.39, 0.29) is 5.56 Å². The molecule has 0 spiro atoms. The van der Waals surface area contributed by atoms with Gasteiger partial charge in [0.1, 0.15) is 0 Å². The minimum atomic E-state index is -0.904. The Morgan fingerprint density at radius 2 is 2.19 bits per heavy atom. The van der Waals surface area contributed by atoms with E-state index in [0.717, 1.165) is 6.07 Å². The number of hydrazine groups is 1. The molecule has 0 saturated heterocycles. The van der Waals surface area contributed by atoms with Crippen LogP contribution in [-0.4, -0.2) is 4.98 Å². The molecule has 1 aromatic carbocycles. The molecule has 0 amide bonds. The summed E-state index contributed by atoms with van der Waals surface area (Å²) in [4.78, 5) is 4.02. The second-order valence-corrected chi connectivity index (χ2v) is 3.87. The first-order valence-corrected chi connectivity index (χ1v) is 5.46. The summed E-state index contributed by atoms with van der Waals surface area (Å²) in [5.74, 6) is 3.54. The van der Waals surface area contributed by atoms with Gasteiger partial charge in [0.15, 0.2) is 11.6 Å². The molecular formula is C10H9F2N3S. The minimum Gasteiger partial charge on any atom is -0.271 e. The number of thiazole rings is 1. The summed E-state index contributed by atoms with van der Waals surface area (Å²) in [5.41, 5.74) is 4.75. The van der Waals surface area contributed by atoms with E-state index in [4.69, 9.17) is 5.84 Å². The summed E-state index contributed by atoms with van der Waals surface area (Å²) in [6.07, 6.45) is 0. The van der Waals surface area contributed by atoms with Crippen LogP contribution in [0.1, 0.15) is 17.3 Å². The van der Waals surface area contributed by atoms with Crippen molar-refractivity contribution in [1.82, 2.24) is 10.4 Å². The summed E-state index contributed by atoms with van der Waals surface area (Å²) >= 11 is 1.37. The highest BCUT2D eigenvalue weighted by Crippen LogP contribution is 2.24. The third-order valence-electron chi connectivity index (χ3n) is 2.21. The average Bonchev–Trinajstić information content (AvgIpc) is 2.79. The fourth-order valence-corrected chi connectivity index (χ4v) is 2.02. The molecule has 1 aromatic heterocycles.